The molecule has 4 heteroatoms. The van der Waals surface area contributed by atoms with Crippen LogP contribution in [0.1, 0.15) is 45.4 Å². The highest BCUT2D eigenvalue weighted by Gasteiger charge is 2.18. The zero-order valence-electron chi connectivity index (χ0n) is 11.0. The van der Waals surface area contributed by atoms with Gasteiger partial charge in [-0.3, -0.25) is 0 Å². The van der Waals surface area contributed by atoms with E-state index in [4.69, 9.17) is 0 Å². The smallest absolute Gasteiger partial charge is 0.0107 e. The highest BCUT2D eigenvalue weighted by atomic mass is 35.5. The van der Waals surface area contributed by atoms with Gasteiger partial charge in [0.15, 0.2) is 0 Å². The van der Waals surface area contributed by atoms with Crippen molar-refractivity contribution >= 4 is 24.8 Å². The second kappa shape index (κ2) is 9.43. The van der Waals surface area contributed by atoms with E-state index in [0.29, 0.717) is 0 Å². The third kappa shape index (κ3) is 6.28. The molecule has 104 valence electrons. The summed E-state index contributed by atoms with van der Waals surface area (Å²) in [6.07, 6.45) is 8.53. The largest absolute Gasteiger partial charge is 0.313 e. The first-order valence-electron chi connectivity index (χ1n) is 6.80. The number of hydrogen-bond donors (Lipinski definition) is 1. The Kier molecular flexibility index (Phi) is 9.71. The minimum Gasteiger partial charge on any atom is -0.313 e. The van der Waals surface area contributed by atoms with Gasteiger partial charge in [0.2, 0.25) is 0 Å². The molecule has 0 aromatic rings. The van der Waals surface area contributed by atoms with Gasteiger partial charge in [-0.15, -0.1) is 24.8 Å². The van der Waals surface area contributed by atoms with E-state index < -0.39 is 0 Å². The summed E-state index contributed by atoms with van der Waals surface area (Å²) >= 11 is 0. The zero-order chi connectivity index (χ0) is 10.5. The molecule has 1 saturated heterocycles. The van der Waals surface area contributed by atoms with Crippen molar-refractivity contribution in [1.29, 1.82) is 0 Å². The first kappa shape index (κ1) is 17.5. The summed E-state index contributed by atoms with van der Waals surface area (Å²) in [5.41, 5.74) is 0. The number of halogens is 2. The summed E-state index contributed by atoms with van der Waals surface area (Å²) in [5, 5.41) is 3.74. The predicted molar refractivity (Wildman–Crippen MR) is 79.6 cm³/mol. The monoisotopic (exact) mass is 282 g/mol. The van der Waals surface area contributed by atoms with Gasteiger partial charge in [0.05, 0.1) is 0 Å². The molecule has 1 aliphatic carbocycles. The lowest BCUT2D eigenvalue weighted by Gasteiger charge is -2.28. The van der Waals surface area contributed by atoms with E-state index in [1.807, 2.05) is 0 Å². The normalized spacial score (nSPS) is 29.5. The van der Waals surface area contributed by atoms with Crippen LogP contribution in [0.4, 0.5) is 0 Å². The molecule has 1 aliphatic heterocycles. The molecule has 0 bridgehead atoms. The van der Waals surface area contributed by atoms with Gasteiger partial charge in [0.25, 0.3) is 0 Å². The number of nitrogens with zero attached hydrogens (tertiary/aromatic N) is 1. The van der Waals surface area contributed by atoms with E-state index in [1.165, 1.54) is 64.7 Å². The molecule has 2 aliphatic rings. The molecule has 2 rings (SSSR count). The van der Waals surface area contributed by atoms with E-state index in [-0.39, 0.29) is 24.8 Å². The average molecular weight is 283 g/mol. The van der Waals surface area contributed by atoms with Gasteiger partial charge in [0.1, 0.15) is 0 Å². The van der Waals surface area contributed by atoms with Crippen LogP contribution in [-0.4, -0.2) is 37.1 Å². The van der Waals surface area contributed by atoms with Crippen LogP contribution in [0.3, 0.4) is 0 Å². The molecular weight excluding hydrogens is 255 g/mol. The van der Waals surface area contributed by atoms with Crippen molar-refractivity contribution in [3.05, 3.63) is 0 Å². The summed E-state index contributed by atoms with van der Waals surface area (Å²) < 4.78 is 0. The predicted octanol–water partition coefficient (Wildman–Crippen LogP) is 3.09. The van der Waals surface area contributed by atoms with Crippen LogP contribution in [0.2, 0.25) is 0 Å². The Morgan fingerprint density at radius 3 is 2.41 bits per heavy atom. The molecule has 2 fully saturated rings. The molecule has 17 heavy (non-hydrogen) atoms. The van der Waals surface area contributed by atoms with E-state index in [1.54, 1.807) is 0 Å². The Morgan fingerprint density at radius 1 is 1.06 bits per heavy atom. The van der Waals surface area contributed by atoms with E-state index in [2.05, 4.69) is 17.1 Å². The molecule has 2 unspecified atom stereocenters. The SMILES string of the molecule is CC1CCCC(NCCN2CCCC2)C1.Cl.Cl. The molecule has 0 amide bonds. The minimum absolute atomic E-state index is 0. The molecule has 1 saturated carbocycles. The van der Waals surface area contributed by atoms with Gasteiger partial charge in [0, 0.05) is 19.1 Å². The highest BCUT2D eigenvalue weighted by Crippen LogP contribution is 2.23. The lowest BCUT2D eigenvalue weighted by atomic mass is 9.87. The maximum atomic E-state index is 3.74. The highest BCUT2D eigenvalue weighted by molar-refractivity contribution is 5.85. The Labute approximate surface area is 119 Å². The topological polar surface area (TPSA) is 15.3 Å². The molecule has 0 radical (unpaired) electrons. The molecule has 2 nitrogen and oxygen atoms in total. The Morgan fingerprint density at radius 2 is 1.76 bits per heavy atom. The fraction of sp³-hybridized carbons (Fsp3) is 1.00. The van der Waals surface area contributed by atoms with Crippen LogP contribution < -0.4 is 5.32 Å². The van der Waals surface area contributed by atoms with Crippen LogP contribution in [-0.2, 0) is 0 Å². The standard InChI is InChI=1S/C13H26N2.2ClH/c1-12-5-4-6-13(11-12)14-7-10-15-8-2-3-9-15;;/h12-14H,2-11H2,1H3;2*1H. The minimum atomic E-state index is 0. The van der Waals surface area contributed by atoms with E-state index >= 15 is 0 Å². The average Bonchev–Trinajstić information content (AvgIpc) is 2.71. The molecular formula is C13H28Cl2N2. The Balaban J connectivity index is 0.00000128. The Bertz CT molecular complexity index is 184. The molecule has 1 N–H and O–H groups in total. The zero-order valence-corrected chi connectivity index (χ0v) is 12.6. The molecule has 0 aromatic carbocycles. The van der Waals surface area contributed by atoms with Gasteiger partial charge < -0.3 is 10.2 Å². The summed E-state index contributed by atoms with van der Waals surface area (Å²) in [6, 6.07) is 0.816. The molecule has 0 aromatic heterocycles. The Hall–Kier alpha value is 0.500. The third-order valence-corrected chi connectivity index (χ3v) is 4.00. The van der Waals surface area contributed by atoms with Crippen molar-refractivity contribution < 1.29 is 0 Å². The van der Waals surface area contributed by atoms with Gasteiger partial charge in [-0.2, -0.15) is 0 Å². The molecule has 1 heterocycles. The van der Waals surface area contributed by atoms with Crippen LogP contribution in [0.25, 0.3) is 0 Å². The first-order chi connectivity index (χ1) is 7.34. The van der Waals surface area contributed by atoms with Crippen molar-refractivity contribution in [2.45, 2.75) is 51.5 Å². The molecule has 2 atom stereocenters. The fourth-order valence-corrected chi connectivity index (χ4v) is 3.05. The fourth-order valence-electron chi connectivity index (χ4n) is 3.05. The maximum absolute atomic E-state index is 3.74. The van der Waals surface area contributed by atoms with Crippen LogP contribution >= 0.6 is 24.8 Å². The summed E-state index contributed by atoms with van der Waals surface area (Å²) in [6.45, 7) is 7.54. The van der Waals surface area contributed by atoms with Crippen molar-refractivity contribution in [3.8, 4) is 0 Å². The first-order valence-corrected chi connectivity index (χ1v) is 6.80. The quantitative estimate of drug-likeness (QED) is 0.853. The number of hydrogen-bond acceptors (Lipinski definition) is 2. The summed E-state index contributed by atoms with van der Waals surface area (Å²) in [7, 11) is 0. The maximum Gasteiger partial charge on any atom is 0.0107 e. The number of likely N-dealkylation sites (tertiary alicyclic amines) is 1. The van der Waals surface area contributed by atoms with Gasteiger partial charge in [-0.05, 0) is 44.7 Å². The van der Waals surface area contributed by atoms with Crippen LogP contribution in [0.5, 0.6) is 0 Å². The van der Waals surface area contributed by atoms with Crippen LogP contribution in [0, 0.1) is 5.92 Å². The summed E-state index contributed by atoms with van der Waals surface area (Å²) in [5.74, 6) is 0.947. The number of nitrogens with one attached hydrogen (secondary N) is 1. The van der Waals surface area contributed by atoms with Gasteiger partial charge in [-0.25, -0.2) is 0 Å². The second-order valence-electron chi connectivity index (χ2n) is 5.47. The third-order valence-electron chi connectivity index (χ3n) is 4.00. The van der Waals surface area contributed by atoms with Crippen molar-refractivity contribution in [1.82, 2.24) is 10.2 Å². The van der Waals surface area contributed by atoms with E-state index in [0.717, 1.165) is 12.0 Å². The molecule has 0 spiro atoms. The summed E-state index contributed by atoms with van der Waals surface area (Å²) in [4.78, 5) is 2.60. The van der Waals surface area contributed by atoms with Gasteiger partial charge >= 0.3 is 0 Å². The van der Waals surface area contributed by atoms with Crippen LogP contribution in [0.15, 0.2) is 0 Å². The number of rotatable bonds is 4. The lowest BCUT2D eigenvalue weighted by Crippen LogP contribution is -2.38. The van der Waals surface area contributed by atoms with Crippen molar-refractivity contribution in [2.24, 2.45) is 5.92 Å². The van der Waals surface area contributed by atoms with Crippen molar-refractivity contribution in [2.75, 3.05) is 26.2 Å². The van der Waals surface area contributed by atoms with Gasteiger partial charge in [-0.1, -0.05) is 19.8 Å². The van der Waals surface area contributed by atoms with Crippen molar-refractivity contribution in [3.63, 3.8) is 0 Å². The van der Waals surface area contributed by atoms with E-state index in [9.17, 15) is 0 Å². The lowest BCUT2D eigenvalue weighted by molar-refractivity contribution is 0.278. The second-order valence-corrected chi connectivity index (χ2v) is 5.47.